The van der Waals surface area contributed by atoms with Crippen LogP contribution in [-0.2, 0) is 23.8 Å². The van der Waals surface area contributed by atoms with Crippen LogP contribution in [0.15, 0.2) is 0 Å². The van der Waals surface area contributed by atoms with Crippen molar-refractivity contribution in [2.45, 2.75) is 103 Å². The van der Waals surface area contributed by atoms with Gasteiger partial charge in [0.25, 0.3) is 0 Å². The summed E-state index contributed by atoms with van der Waals surface area (Å²) in [6.07, 6.45) is -1.15. The first-order valence-corrected chi connectivity index (χ1v) is 10.9. The molecular formula is C22H36O8. The Balaban J connectivity index is 1.78. The molecule has 0 spiro atoms. The number of ketones is 1. The molecule has 3 rings (SSSR count). The highest BCUT2D eigenvalue weighted by molar-refractivity contribution is 5.80. The maximum atomic E-state index is 12.2. The average Bonchev–Trinajstić information content (AvgIpc) is 2.91. The fraction of sp³-hybridized carbons (Fsp3) is 0.909. The van der Waals surface area contributed by atoms with Crippen LogP contribution in [0.3, 0.4) is 0 Å². The highest BCUT2D eigenvalue weighted by atomic mass is 16.7. The summed E-state index contributed by atoms with van der Waals surface area (Å²) in [5, 5.41) is 31.8. The molecule has 1 heterocycles. The van der Waals surface area contributed by atoms with Gasteiger partial charge in [-0.1, -0.05) is 6.92 Å². The van der Waals surface area contributed by atoms with Gasteiger partial charge >= 0.3 is 5.97 Å². The van der Waals surface area contributed by atoms with Crippen molar-refractivity contribution in [2.24, 2.45) is 17.3 Å². The van der Waals surface area contributed by atoms with E-state index in [0.717, 1.165) is 19.3 Å². The number of hydrogen-bond acceptors (Lipinski definition) is 8. The molecular weight excluding hydrogens is 392 g/mol. The maximum Gasteiger partial charge on any atom is 0.303 e. The fourth-order valence-corrected chi connectivity index (χ4v) is 5.75. The van der Waals surface area contributed by atoms with Crippen LogP contribution in [0.5, 0.6) is 0 Å². The summed E-state index contributed by atoms with van der Waals surface area (Å²) in [6, 6.07) is 0. The van der Waals surface area contributed by atoms with Gasteiger partial charge in [0.05, 0.1) is 17.8 Å². The van der Waals surface area contributed by atoms with Gasteiger partial charge in [-0.05, 0) is 64.2 Å². The van der Waals surface area contributed by atoms with Crippen molar-refractivity contribution in [1.82, 2.24) is 0 Å². The van der Waals surface area contributed by atoms with Gasteiger partial charge in [0, 0.05) is 12.8 Å². The molecule has 3 N–H and O–H groups in total. The Bertz CT molecular complexity index is 678. The number of fused-ring (bicyclic) bond motifs is 1. The van der Waals surface area contributed by atoms with Crippen molar-refractivity contribution in [1.29, 1.82) is 0 Å². The highest BCUT2D eigenvalue weighted by Gasteiger charge is 2.62. The molecule has 172 valence electrons. The van der Waals surface area contributed by atoms with E-state index < -0.39 is 41.8 Å². The predicted octanol–water partition coefficient (Wildman–Crippen LogP) is 1.33. The van der Waals surface area contributed by atoms with Gasteiger partial charge in [-0.25, -0.2) is 0 Å². The van der Waals surface area contributed by atoms with Crippen LogP contribution in [0.4, 0.5) is 0 Å². The zero-order valence-electron chi connectivity index (χ0n) is 18.6. The van der Waals surface area contributed by atoms with Crippen LogP contribution in [-0.4, -0.2) is 69.5 Å². The first-order chi connectivity index (χ1) is 13.8. The van der Waals surface area contributed by atoms with Crippen molar-refractivity contribution in [2.75, 3.05) is 6.61 Å². The topological polar surface area (TPSA) is 123 Å². The van der Waals surface area contributed by atoms with Crippen LogP contribution >= 0.6 is 0 Å². The van der Waals surface area contributed by atoms with Gasteiger partial charge in [0.1, 0.15) is 18.0 Å². The lowest BCUT2D eigenvalue weighted by Gasteiger charge is -2.53. The normalized spacial score (nSPS) is 44.4. The highest BCUT2D eigenvalue weighted by Crippen LogP contribution is 2.60. The minimum Gasteiger partial charge on any atom is -0.454 e. The molecule has 3 fully saturated rings. The maximum absolute atomic E-state index is 12.2. The van der Waals surface area contributed by atoms with Crippen molar-refractivity contribution in [3.05, 3.63) is 0 Å². The van der Waals surface area contributed by atoms with Crippen LogP contribution in [0.1, 0.15) is 66.7 Å². The number of aliphatic hydroxyl groups is 3. The smallest absolute Gasteiger partial charge is 0.303 e. The van der Waals surface area contributed by atoms with E-state index in [1.54, 1.807) is 6.92 Å². The predicted molar refractivity (Wildman–Crippen MR) is 106 cm³/mol. The van der Waals surface area contributed by atoms with Crippen molar-refractivity contribution >= 4 is 11.8 Å². The summed E-state index contributed by atoms with van der Waals surface area (Å²) < 4.78 is 17.0. The van der Waals surface area contributed by atoms with E-state index in [1.807, 2.05) is 13.8 Å². The summed E-state index contributed by atoms with van der Waals surface area (Å²) in [6.45, 7) is 8.46. The molecule has 8 heteroatoms. The van der Waals surface area contributed by atoms with E-state index in [-0.39, 0.29) is 29.6 Å². The van der Waals surface area contributed by atoms with Gasteiger partial charge in [-0.15, -0.1) is 0 Å². The SMILES string of the molecule is CC(=O)O[C@H]1[C@H](OC(C)(C)[C@@H]2CC[C@@]3(C)CC[C@H](C(C)=O)[C@@]3(O)C2)OC[C@@H](O)[C@@H]1O. The number of aliphatic hydroxyl groups excluding tert-OH is 2. The third-order valence-electron chi connectivity index (χ3n) is 7.83. The molecule has 1 aliphatic heterocycles. The monoisotopic (exact) mass is 428 g/mol. The van der Waals surface area contributed by atoms with Gasteiger partial charge in [-0.2, -0.15) is 0 Å². The number of rotatable bonds is 5. The second kappa shape index (κ2) is 8.13. The molecule has 0 bridgehead atoms. The molecule has 3 aliphatic rings. The zero-order valence-corrected chi connectivity index (χ0v) is 18.6. The van der Waals surface area contributed by atoms with Crippen molar-refractivity contribution in [3.8, 4) is 0 Å². The second-order valence-electron chi connectivity index (χ2n) is 10.2. The average molecular weight is 429 g/mol. The second-order valence-corrected chi connectivity index (χ2v) is 10.2. The van der Waals surface area contributed by atoms with Gasteiger partial charge in [-0.3, -0.25) is 9.59 Å². The van der Waals surface area contributed by atoms with Crippen LogP contribution in [0, 0.1) is 17.3 Å². The number of Topliss-reactive ketones (excluding diaryl/α,β-unsaturated/α-hetero) is 1. The lowest BCUT2D eigenvalue weighted by atomic mass is 9.58. The standard InChI is InChI=1S/C22H36O8/c1-12(23)15-7-9-21(5)8-6-14(10-22(15,21)27)20(3,4)30-19-18(29-13(2)24)17(26)16(25)11-28-19/h14-19,25-27H,6-11H2,1-5H3/t14-,15-,16-,17+,18-,19+,21+,22+/m1/s1. The summed E-state index contributed by atoms with van der Waals surface area (Å²) >= 11 is 0. The third kappa shape index (κ3) is 4.05. The Kier molecular flexibility index (Phi) is 6.40. The van der Waals surface area contributed by atoms with E-state index in [0.29, 0.717) is 12.8 Å². The lowest BCUT2D eigenvalue weighted by molar-refractivity contribution is -0.310. The first-order valence-electron chi connectivity index (χ1n) is 10.9. The molecule has 1 saturated heterocycles. The number of carbonyl (C=O) groups is 2. The van der Waals surface area contributed by atoms with Crippen LogP contribution < -0.4 is 0 Å². The van der Waals surface area contributed by atoms with Gasteiger partial charge in [0.2, 0.25) is 0 Å². The molecule has 0 aromatic heterocycles. The first kappa shape index (κ1) is 23.6. The van der Waals surface area contributed by atoms with Crippen LogP contribution in [0.25, 0.3) is 0 Å². The Morgan fingerprint density at radius 1 is 1.13 bits per heavy atom. The zero-order chi connectivity index (χ0) is 22.5. The van der Waals surface area contributed by atoms with Gasteiger partial charge in [0.15, 0.2) is 12.4 Å². The lowest BCUT2D eigenvalue weighted by Crippen LogP contribution is -2.59. The van der Waals surface area contributed by atoms with E-state index in [2.05, 4.69) is 6.92 Å². The minimum absolute atomic E-state index is 0.0169. The number of carbonyl (C=O) groups excluding carboxylic acids is 2. The molecule has 2 aliphatic carbocycles. The molecule has 0 radical (unpaired) electrons. The van der Waals surface area contributed by atoms with E-state index >= 15 is 0 Å². The van der Waals surface area contributed by atoms with Crippen molar-refractivity contribution in [3.63, 3.8) is 0 Å². The largest absolute Gasteiger partial charge is 0.454 e. The summed E-state index contributed by atoms with van der Waals surface area (Å²) in [7, 11) is 0. The number of ether oxygens (including phenoxy) is 3. The Hall–Kier alpha value is -1.06. The van der Waals surface area contributed by atoms with E-state index in [4.69, 9.17) is 14.2 Å². The number of hydrogen-bond donors (Lipinski definition) is 3. The van der Waals surface area contributed by atoms with Crippen LogP contribution in [0.2, 0.25) is 0 Å². The van der Waals surface area contributed by atoms with Crippen molar-refractivity contribution < 1.29 is 39.1 Å². The molecule has 0 aromatic rings. The van der Waals surface area contributed by atoms with E-state index in [9.17, 15) is 24.9 Å². The van der Waals surface area contributed by atoms with E-state index in [1.165, 1.54) is 6.92 Å². The molecule has 30 heavy (non-hydrogen) atoms. The molecule has 0 unspecified atom stereocenters. The van der Waals surface area contributed by atoms with Gasteiger partial charge < -0.3 is 29.5 Å². The Morgan fingerprint density at radius 3 is 2.37 bits per heavy atom. The molecule has 0 aromatic carbocycles. The Labute approximate surface area is 177 Å². The fourth-order valence-electron chi connectivity index (χ4n) is 5.75. The Morgan fingerprint density at radius 2 is 1.77 bits per heavy atom. The summed E-state index contributed by atoms with van der Waals surface area (Å²) in [5.41, 5.74) is -2.16. The number of esters is 1. The molecule has 2 saturated carbocycles. The molecule has 8 atom stereocenters. The quantitative estimate of drug-likeness (QED) is 0.561. The minimum atomic E-state index is -1.32. The summed E-state index contributed by atoms with van der Waals surface area (Å²) in [5.74, 6) is -1.04. The third-order valence-corrected chi connectivity index (χ3v) is 7.83. The molecule has 0 amide bonds. The molecule has 8 nitrogen and oxygen atoms in total. The summed E-state index contributed by atoms with van der Waals surface area (Å²) in [4.78, 5) is 23.7.